The van der Waals surface area contributed by atoms with Gasteiger partial charge in [-0.1, -0.05) is 79.9 Å². The van der Waals surface area contributed by atoms with Crippen molar-refractivity contribution in [3.8, 4) is 33.8 Å². The Morgan fingerprint density at radius 1 is 0.533 bits per heavy atom. The molecule has 0 bridgehead atoms. The van der Waals surface area contributed by atoms with Gasteiger partial charge in [0.25, 0.3) is 0 Å². The number of aryl methyl sites for hydroxylation is 2. The molecule has 6 heteroatoms. The van der Waals surface area contributed by atoms with Gasteiger partial charge in [0.1, 0.15) is 11.5 Å². The third-order valence-corrected chi connectivity index (χ3v) is 7.84. The Morgan fingerprint density at radius 3 is 1.38 bits per heavy atom. The average Bonchev–Trinajstić information content (AvgIpc) is 3.02. The summed E-state index contributed by atoms with van der Waals surface area (Å²) in [5.41, 5.74) is 7.41. The highest BCUT2D eigenvalue weighted by atomic mass is 16.5. The molecule has 4 aromatic carbocycles. The van der Waals surface area contributed by atoms with E-state index in [9.17, 15) is 19.8 Å². The second-order valence-electron chi connectivity index (χ2n) is 11.3. The molecule has 0 aliphatic rings. The van der Waals surface area contributed by atoms with Crippen LogP contribution in [0.15, 0.2) is 84.9 Å². The van der Waals surface area contributed by atoms with Gasteiger partial charge in [0.2, 0.25) is 0 Å². The van der Waals surface area contributed by atoms with Crippen LogP contribution in [-0.4, -0.2) is 35.4 Å². The number of rotatable bonds is 16. The molecular weight excluding hydrogens is 564 g/mol. The Morgan fingerprint density at radius 2 is 0.956 bits per heavy atom. The second-order valence-corrected chi connectivity index (χ2v) is 11.3. The number of phenols is 2. The summed E-state index contributed by atoms with van der Waals surface area (Å²) in [5, 5.41) is 21.1. The predicted molar refractivity (Wildman–Crippen MR) is 178 cm³/mol. The Hall–Kier alpha value is -4.58. The summed E-state index contributed by atoms with van der Waals surface area (Å²) >= 11 is 0. The first-order valence-corrected chi connectivity index (χ1v) is 16.0. The van der Waals surface area contributed by atoms with Gasteiger partial charge in [-0.2, -0.15) is 0 Å². The predicted octanol–water partition coefficient (Wildman–Crippen LogP) is 8.38. The van der Waals surface area contributed by atoms with Gasteiger partial charge in [-0.25, -0.2) is 0 Å². The van der Waals surface area contributed by atoms with E-state index in [1.807, 2.05) is 72.8 Å². The number of esters is 2. The zero-order chi connectivity index (χ0) is 32.0. The van der Waals surface area contributed by atoms with Crippen molar-refractivity contribution < 1.29 is 29.3 Å². The number of unbranched alkanes of at least 4 members (excludes halogenated alkanes) is 4. The van der Waals surface area contributed by atoms with Gasteiger partial charge in [-0.15, -0.1) is 0 Å². The molecule has 0 aromatic heterocycles. The maximum Gasteiger partial charge on any atom is 0.310 e. The van der Waals surface area contributed by atoms with E-state index in [-0.39, 0.29) is 36.3 Å². The molecule has 0 heterocycles. The van der Waals surface area contributed by atoms with Crippen LogP contribution in [0.5, 0.6) is 11.5 Å². The Kier molecular flexibility index (Phi) is 12.6. The molecule has 45 heavy (non-hydrogen) atoms. The van der Waals surface area contributed by atoms with Crippen molar-refractivity contribution in [2.24, 2.45) is 0 Å². The van der Waals surface area contributed by atoms with E-state index >= 15 is 0 Å². The number of ether oxygens (including phenoxy) is 2. The normalized spacial score (nSPS) is 10.9. The maximum atomic E-state index is 11.9. The highest BCUT2D eigenvalue weighted by Crippen LogP contribution is 2.33. The minimum absolute atomic E-state index is 0.211. The lowest BCUT2D eigenvalue weighted by atomic mass is 9.96. The van der Waals surface area contributed by atoms with E-state index in [1.54, 1.807) is 26.0 Å². The maximum absolute atomic E-state index is 11.9. The van der Waals surface area contributed by atoms with Crippen LogP contribution in [0.1, 0.15) is 68.2 Å². The zero-order valence-corrected chi connectivity index (χ0v) is 26.4. The molecule has 2 N–H and O–H groups in total. The summed E-state index contributed by atoms with van der Waals surface area (Å²) in [4.78, 5) is 23.8. The molecule has 4 rings (SSSR count). The number of benzene rings is 4. The van der Waals surface area contributed by atoms with Gasteiger partial charge in [0.05, 0.1) is 26.1 Å². The number of hydrogen-bond acceptors (Lipinski definition) is 6. The van der Waals surface area contributed by atoms with E-state index in [0.29, 0.717) is 13.2 Å². The molecule has 0 aliphatic carbocycles. The van der Waals surface area contributed by atoms with Gasteiger partial charge < -0.3 is 19.7 Å². The quantitative estimate of drug-likeness (QED) is 0.0981. The van der Waals surface area contributed by atoms with E-state index in [2.05, 4.69) is 0 Å². The molecule has 0 amide bonds. The molecule has 6 nitrogen and oxygen atoms in total. The van der Waals surface area contributed by atoms with Crippen molar-refractivity contribution in [3.63, 3.8) is 0 Å². The fourth-order valence-electron chi connectivity index (χ4n) is 5.58. The van der Waals surface area contributed by atoms with Crippen LogP contribution >= 0.6 is 0 Å². The van der Waals surface area contributed by atoms with Crippen LogP contribution < -0.4 is 0 Å². The van der Waals surface area contributed by atoms with Gasteiger partial charge in [0, 0.05) is 11.1 Å². The van der Waals surface area contributed by atoms with Crippen molar-refractivity contribution >= 4 is 11.9 Å². The first-order chi connectivity index (χ1) is 21.9. The lowest BCUT2D eigenvalue weighted by molar-refractivity contribution is -0.143. The first-order valence-electron chi connectivity index (χ1n) is 16.0. The SMILES string of the molecule is CCOC(=O)Cc1cccc(-c2cc(CCCCCCCc3ccc(O)c(-c4cccc(CC(=O)OCC)c4)c3)ccc2O)c1. The van der Waals surface area contributed by atoms with E-state index in [0.717, 1.165) is 78.3 Å². The van der Waals surface area contributed by atoms with Crippen molar-refractivity contribution in [3.05, 3.63) is 107 Å². The van der Waals surface area contributed by atoms with Crippen molar-refractivity contribution in [1.82, 2.24) is 0 Å². The minimum Gasteiger partial charge on any atom is -0.507 e. The van der Waals surface area contributed by atoms with Crippen LogP contribution in [0.4, 0.5) is 0 Å². The Balaban J connectivity index is 1.24. The molecule has 0 saturated carbocycles. The Bertz CT molecular complexity index is 1460. The van der Waals surface area contributed by atoms with Crippen molar-refractivity contribution in [2.75, 3.05) is 13.2 Å². The molecule has 236 valence electrons. The molecule has 0 atom stereocenters. The third kappa shape index (κ3) is 10.2. The van der Waals surface area contributed by atoms with Crippen molar-refractivity contribution in [1.29, 1.82) is 0 Å². The van der Waals surface area contributed by atoms with Crippen LogP contribution in [0.25, 0.3) is 22.3 Å². The molecule has 0 spiro atoms. The summed E-state index contributed by atoms with van der Waals surface area (Å²) in [6, 6.07) is 27.0. The number of phenolic OH excluding ortho intramolecular Hbond substituents is 2. The summed E-state index contributed by atoms with van der Waals surface area (Å²) in [7, 11) is 0. The lowest BCUT2D eigenvalue weighted by Gasteiger charge is -2.11. The number of aromatic hydroxyl groups is 2. The second kappa shape index (κ2) is 17.0. The molecule has 0 fully saturated rings. The average molecular weight is 609 g/mol. The van der Waals surface area contributed by atoms with Gasteiger partial charge in [-0.3, -0.25) is 9.59 Å². The third-order valence-electron chi connectivity index (χ3n) is 7.84. The molecule has 0 unspecified atom stereocenters. The smallest absolute Gasteiger partial charge is 0.310 e. The fourth-order valence-corrected chi connectivity index (χ4v) is 5.58. The largest absolute Gasteiger partial charge is 0.507 e. The van der Waals surface area contributed by atoms with Gasteiger partial charge in [0.15, 0.2) is 0 Å². The molecule has 0 aliphatic heterocycles. The van der Waals surface area contributed by atoms with Crippen LogP contribution in [0.2, 0.25) is 0 Å². The molecular formula is C39H44O6. The minimum atomic E-state index is -0.255. The van der Waals surface area contributed by atoms with Crippen LogP contribution in [0, 0.1) is 0 Å². The summed E-state index contributed by atoms with van der Waals surface area (Å²) < 4.78 is 10.1. The van der Waals surface area contributed by atoms with Crippen LogP contribution in [-0.2, 0) is 44.7 Å². The van der Waals surface area contributed by atoms with E-state index in [1.165, 1.54) is 11.1 Å². The summed E-state index contributed by atoms with van der Waals surface area (Å²) in [6.07, 6.45) is 7.82. The summed E-state index contributed by atoms with van der Waals surface area (Å²) in [6.45, 7) is 4.31. The highest BCUT2D eigenvalue weighted by molar-refractivity contribution is 5.76. The van der Waals surface area contributed by atoms with Gasteiger partial charge >= 0.3 is 11.9 Å². The standard InChI is InChI=1S/C39H44O6/c1-3-44-38(42)26-30-14-10-16-32(22-30)34-24-28(18-20-36(34)40)12-8-6-5-7-9-13-29-19-21-37(41)35(25-29)33-17-11-15-31(23-33)27-39(43)45-4-2/h10-11,14-25,40-41H,3-9,12-13,26-27H2,1-2H3. The van der Waals surface area contributed by atoms with E-state index < -0.39 is 0 Å². The number of carbonyl (C=O) groups is 2. The topological polar surface area (TPSA) is 93.1 Å². The monoisotopic (exact) mass is 608 g/mol. The van der Waals surface area contributed by atoms with Crippen LogP contribution in [0.3, 0.4) is 0 Å². The lowest BCUT2D eigenvalue weighted by Crippen LogP contribution is -2.07. The number of carbonyl (C=O) groups excluding carboxylic acids is 2. The molecule has 0 radical (unpaired) electrons. The molecule has 0 saturated heterocycles. The fraction of sp³-hybridized carbons (Fsp3) is 0.333. The van der Waals surface area contributed by atoms with Crippen molar-refractivity contribution in [2.45, 2.75) is 71.6 Å². The molecule has 4 aromatic rings. The summed E-state index contributed by atoms with van der Waals surface area (Å²) in [5.74, 6) is -0.0483. The first kappa shape index (κ1) is 33.3. The Labute approximate surface area is 266 Å². The van der Waals surface area contributed by atoms with Gasteiger partial charge in [-0.05, 0) is 97.2 Å². The zero-order valence-electron chi connectivity index (χ0n) is 26.4. The van der Waals surface area contributed by atoms with E-state index in [4.69, 9.17) is 9.47 Å². The number of hydrogen-bond donors (Lipinski definition) is 2. The highest BCUT2D eigenvalue weighted by Gasteiger charge is 2.11.